The van der Waals surface area contributed by atoms with Gasteiger partial charge in [0.1, 0.15) is 10.7 Å². The Morgan fingerprint density at radius 3 is 2.75 bits per heavy atom. The Hall–Kier alpha value is -0.210. The highest BCUT2D eigenvalue weighted by Crippen LogP contribution is 2.30. The summed E-state index contributed by atoms with van der Waals surface area (Å²) in [4.78, 5) is -0.383. The van der Waals surface area contributed by atoms with Gasteiger partial charge in [0.15, 0.2) is 0 Å². The molecule has 1 N–H and O–H groups in total. The van der Waals surface area contributed by atoms with E-state index in [1.807, 2.05) is 6.92 Å². The van der Waals surface area contributed by atoms with E-state index in [0.717, 1.165) is 12.1 Å². The zero-order valence-corrected chi connectivity index (χ0v) is 14.2. The maximum atomic E-state index is 14.0. The first-order valence-electron chi connectivity index (χ1n) is 6.15. The van der Waals surface area contributed by atoms with E-state index in [-0.39, 0.29) is 22.0 Å². The van der Waals surface area contributed by atoms with Gasteiger partial charge in [0.05, 0.1) is 5.02 Å². The van der Waals surface area contributed by atoms with Crippen molar-refractivity contribution in [3.63, 3.8) is 0 Å². The van der Waals surface area contributed by atoms with Gasteiger partial charge in [-0.25, -0.2) is 12.8 Å². The Morgan fingerprint density at radius 1 is 1.45 bits per heavy atom. The number of nitrogens with zero attached hydrogens (tertiary/aromatic N) is 1. The van der Waals surface area contributed by atoms with Crippen molar-refractivity contribution in [3.05, 3.63) is 27.4 Å². The average Bonchev–Trinajstić information content (AvgIpc) is 2.36. The number of rotatable bonds is 2. The molecule has 0 amide bonds. The normalized spacial score (nSPS) is 24.9. The summed E-state index contributed by atoms with van der Waals surface area (Å²) in [6, 6.07) is 1.98. The van der Waals surface area contributed by atoms with Crippen LogP contribution in [0.5, 0.6) is 0 Å². The second-order valence-electron chi connectivity index (χ2n) is 4.80. The Morgan fingerprint density at radius 2 is 2.10 bits per heavy atom. The van der Waals surface area contributed by atoms with Gasteiger partial charge in [-0.15, -0.1) is 0 Å². The van der Waals surface area contributed by atoms with Crippen LogP contribution in [0, 0.1) is 5.82 Å². The summed E-state index contributed by atoms with van der Waals surface area (Å²) in [6.45, 7) is 4.54. The van der Waals surface area contributed by atoms with E-state index in [0.29, 0.717) is 17.6 Å². The smallest absolute Gasteiger partial charge is 0.246 e. The molecule has 1 aromatic rings. The summed E-state index contributed by atoms with van der Waals surface area (Å²) in [7, 11) is -3.90. The van der Waals surface area contributed by atoms with Crippen LogP contribution in [0.1, 0.15) is 13.8 Å². The summed E-state index contributed by atoms with van der Waals surface area (Å²) < 4.78 is 40.9. The molecule has 2 unspecified atom stereocenters. The lowest BCUT2D eigenvalue weighted by Gasteiger charge is -2.37. The fourth-order valence-electron chi connectivity index (χ4n) is 2.19. The molecule has 2 atom stereocenters. The molecule has 1 aliphatic heterocycles. The van der Waals surface area contributed by atoms with Crippen molar-refractivity contribution in [3.8, 4) is 0 Å². The van der Waals surface area contributed by atoms with Gasteiger partial charge in [-0.3, -0.25) is 0 Å². The number of piperazine rings is 1. The number of sulfonamides is 1. The monoisotopic (exact) mass is 384 g/mol. The molecule has 1 aromatic carbocycles. The van der Waals surface area contributed by atoms with Crippen LogP contribution in [-0.2, 0) is 10.0 Å². The first-order valence-corrected chi connectivity index (χ1v) is 8.76. The molecule has 20 heavy (non-hydrogen) atoms. The predicted molar refractivity (Wildman–Crippen MR) is 79.9 cm³/mol. The zero-order chi connectivity index (χ0) is 15.1. The van der Waals surface area contributed by atoms with Crippen LogP contribution in [0.25, 0.3) is 0 Å². The lowest BCUT2D eigenvalue weighted by atomic mass is 10.1. The molecular formula is C12H15BrClFN2O2S. The van der Waals surface area contributed by atoms with Crippen LogP contribution in [-0.4, -0.2) is 37.9 Å². The molecule has 0 aliphatic carbocycles. The van der Waals surface area contributed by atoms with E-state index in [2.05, 4.69) is 21.2 Å². The number of nitrogens with one attached hydrogen (secondary N) is 1. The van der Waals surface area contributed by atoms with Gasteiger partial charge in [-0.2, -0.15) is 4.31 Å². The van der Waals surface area contributed by atoms with Gasteiger partial charge in [0.2, 0.25) is 10.0 Å². The van der Waals surface area contributed by atoms with Crippen molar-refractivity contribution in [1.82, 2.24) is 9.62 Å². The molecule has 0 radical (unpaired) electrons. The molecule has 2 rings (SSSR count). The summed E-state index contributed by atoms with van der Waals surface area (Å²) in [5.41, 5.74) is 0. The number of hydrogen-bond acceptors (Lipinski definition) is 3. The van der Waals surface area contributed by atoms with E-state index < -0.39 is 15.8 Å². The Labute approximate surface area is 131 Å². The third kappa shape index (κ3) is 2.87. The van der Waals surface area contributed by atoms with Gasteiger partial charge >= 0.3 is 0 Å². The van der Waals surface area contributed by atoms with E-state index in [1.54, 1.807) is 6.92 Å². The highest BCUT2D eigenvalue weighted by Gasteiger charge is 2.36. The molecule has 0 saturated carbocycles. The molecule has 112 valence electrons. The lowest BCUT2D eigenvalue weighted by Crippen LogP contribution is -2.57. The van der Waals surface area contributed by atoms with Gasteiger partial charge < -0.3 is 5.32 Å². The third-order valence-corrected chi connectivity index (χ3v) is 6.74. The van der Waals surface area contributed by atoms with Crippen LogP contribution in [0.4, 0.5) is 4.39 Å². The van der Waals surface area contributed by atoms with Crippen LogP contribution < -0.4 is 5.32 Å². The SMILES string of the molecule is CC1NCCN(S(=O)(=O)c2cc(Cl)c(Br)cc2F)C1C. The van der Waals surface area contributed by atoms with E-state index in [1.165, 1.54) is 4.31 Å². The molecule has 0 aromatic heterocycles. The minimum atomic E-state index is -3.90. The minimum Gasteiger partial charge on any atom is -0.311 e. The van der Waals surface area contributed by atoms with Gasteiger partial charge in [0.25, 0.3) is 0 Å². The van der Waals surface area contributed by atoms with Crippen LogP contribution in [0.15, 0.2) is 21.5 Å². The molecule has 8 heteroatoms. The predicted octanol–water partition coefficient (Wildman–Crippen LogP) is 2.61. The van der Waals surface area contributed by atoms with E-state index >= 15 is 0 Å². The van der Waals surface area contributed by atoms with Gasteiger partial charge in [-0.05, 0) is 41.9 Å². The van der Waals surface area contributed by atoms with Crippen molar-refractivity contribution >= 4 is 37.6 Å². The van der Waals surface area contributed by atoms with Crippen LogP contribution in [0.2, 0.25) is 5.02 Å². The van der Waals surface area contributed by atoms with Crippen molar-refractivity contribution in [2.75, 3.05) is 13.1 Å². The van der Waals surface area contributed by atoms with Crippen molar-refractivity contribution < 1.29 is 12.8 Å². The second-order valence-corrected chi connectivity index (χ2v) is 7.92. The molecular weight excluding hydrogens is 371 g/mol. The fraction of sp³-hybridized carbons (Fsp3) is 0.500. The molecule has 1 aliphatic rings. The summed E-state index contributed by atoms with van der Waals surface area (Å²) in [5, 5.41) is 3.35. The Kier molecular flexibility index (Phi) is 4.76. The average molecular weight is 386 g/mol. The van der Waals surface area contributed by atoms with Gasteiger partial charge in [-0.1, -0.05) is 11.6 Å². The van der Waals surface area contributed by atoms with E-state index in [9.17, 15) is 12.8 Å². The fourth-order valence-corrected chi connectivity index (χ4v) is 4.51. The minimum absolute atomic E-state index is 0.00695. The highest BCUT2D eigenvalue weighted by atomic mass is 79.9. The van der Waals surface area contributed by atoms with Crippen LogP contribution >= 0.6 is 27.5 Å². The molecule has 0 spiro atoms. The summed E-state index contributed by atoms with van der Waals surface area (Å²) >= 11 is 8.96. The molecule has 0 bridgehead atoms. The quantitative estimate of drug-likeness (QED) is 0.796. The van der Waals surface area contributed by atoms with E-state index in [4.69, 9.17) is 11.6 Å². The maximum Gasteiger partial charge on any atom is 0.246 e. The third-order valence-electron chi connectivity index (χ3n) is 3.54. The first-order chi connectivity index (χ1) is 9.25. The highest BCUT2D eigenvalue weighted by molar-refractivity contribution is 9.10. The number of benzene rings is 1. The zero-order valence-electron chi connectivity index (χ0n) is 11.0. The molecule has 1 saturated heterocycles. The molecule has 1 fully saturated rings. The summed E-state index contributed by atoms with van der Waals surface area (Å²) in [6.07, 6.45) is 0. The Balaban J connectivity index is 2.47. The lowest BCUT2D eigenvalue weighted by molar-refractivity contribution is 0.232. The topological polar surface area (TPSA) is 49.4 Å². The summed E-state index contributed by atoms with van der Waals surface area (Å²) in [5.74, 6) is -0.806. The molecule has 1 heterocycles. The van der Waals surface area contributed by atoms with Gasteiger partial charge in [0, 0.05) is 29.6 Å². The second kappa shape index (κ2) is 5.88. The Bertz CT molecular complexity index is 626. The van der Waals surface area contributed by atoms with Crippen LogP contribution in [0.3, 0.4) is 0 Å². The first kappa shape index (κ1) is 16.2. The van der Waals surface area contributed by atoms with Crippen molar-refractivity contribution in [2.45, 2.75) is 30.8 Å². The maximum absolute atomic E-state index is 14.0. The molecule has 4 nitrogen and oxygen atoms in total. The standard InChI is InChI=1S/C12H15BrClFN2O2S/c1-7-8(2)17(4-3-16-7)20(18,19)12-6-10(14)9(13)5-11(12)15/h5-8,16H,3-4H2,1-2H3. The van der Waals surface area contributed by atoms with Crippen molar-refractivity contribution in [1.29, 1.82) is 0 Å². The largest absolute Gasteiger partial charge is 0.311 e. The van der Waals surface area contributed by atoms with Crippen molar-refractivity contribution in [2.24, 2.45) is 0 Å². The number of hydrogen-bond donors (Lipinski definition) is 1. The number of halogens is 3.